The summed E-state index contributed by atoms with van der Waals surface area (Å²) in [6, 6.07) is 0. The van der Waals surface area contributed by atoms with Gasteiger partial charge in [-0.25, -0.2) is 0 Å². The van der Waals surface area contributed by atoms with Crippen molar-refractivity contribution in [3.05, 3.63) is 0 Å². The average molecular weight is 372 g/mol. The molecular weight excluding hydrogens is 344 g/mol. The first kappa shape index (κ1) is 22.0. The number of thioether (sulfide) groups is 1. The van der Waals surface area contributed by atoms with Crippen molar-refractivity contribution in [2.24, 2.45) is 5.92 Å². The quantitative estimate of drug-likeness (QED) is 0.227. The van der Waals surface area contributed by atoms with Crippen LogP contribution in [0, 0.1) is 5.92 Å². The maximum Gasteiger partial charge on any atom is 0.187 e. The van der Waals surface area contributed by atoms with Crippen LogP contribution in [0.1, 0.15) is 6.92 Å². The van der Waals surface area contributed by atoms with Gasteiger partial charge in [-0.3, -0.25) is 0 Å². The van der Waals surface area contributed by atoms with E-state index in [1.165, 1.54) is 11.8 Å². The van der Waals surface area contributed by atoms with E-state index in [1.807, 2.05) is 6.26 Å². The third kappa shape index (κ3) is 5.24. The van der Waals surface area contributed by atoms with E-state index in [-0.39, 0.29) is 6.61 Å². The van der Waals surface area contributed by atoms with Crippen molar-refractivity contribution in [1.29, 1.82) is 0 Å². The summed E-state index contributed by atoms with van der Waals surface area (Å²) in [6.07, 6.45) is -8.69. The molecule has 0 aliphatic carbocycles. The van der Waals surface area contributed by atoms with Crippen molar-refractivity contribution >= 4 is 11.8 Å². The van der Waals surface area contributed by atoms with Crippen LogP contribution >= 0.6 is 11.8 Å². The second-order valence-corrected chi connectivity index (χ2v) is 6.76. The second kappa shape index (κ2) is 10.2. The standard InChI is InChI=1S/C14H28O9S/c1-6(4-15)12(9(17)10(18)13(20)21-2)23-14-11(19)8(16)7(22-14)5-24-3/h6-20H,4-5H2,1-3H3/t6?,7-,8?,9+,10?,11+,12+,13+,14-/m0/s1. The summed E-state index contributed by atoms with van der Waals surface area (Å²) in [4.78, 5) is 0. The van der Waals surface area contributed by atoms with Crippen LogP contribution in [0.5, 0.6) is 0 Å². The number of rotatable bonds is 10. The second-order valence-electron chi connectivity index (χ2n) is 5.85. The summed E-state index contributed by atoms with van der Waals surface area (Å²) in [5, 5.41) is 58.9. The predicted octanol–water partition coefficient (Wildman–Crippen LogP) is -2.50. The van der Waals surface area contributed by atoms with Gasteiger partial charge in [0.15, 0.2) is 12.6 Å². The molecule has 144 valence electrons. The number of aliphatic hydroxyl groups excluding tert-OH is 6. The molecule has 0 amide bonds. The Balaban J connectivity index is 2.83. The van der Waals surface area contributed by atoms with Gasteiger partial charge in [0, 0.05) is 25.4 Å². The number of aliphatic hydroxyl groups is 6. The molecule has 1 fully saturated rings. The van der Waals surface area contributed by atoms with Gasteiger partial charge >= 0.3 is 0 Å². The summed E-state index contributed by atoms with van der Waals surface area (Å²) >= 11 is 1.42. The van der Waals surface area contributed by atoms with Crippen molar-refractivity contribution in [1.82, 2.24) is 0 Å². The number of hydrogen-bond donors (Lipinski definition) is 6. The fourth-order valence-electron chi connectivity index (χ4n) is 2.44. The Kier molecular flexibility index (Phi) is 9.38. The van der Waals surface area contributed by atoms with Crippen molar-refractivity contribution in [2.45, 2.75) is 56.1 Å². The highest BCUT2D eigenvalue weighted by Crippen LogP contribution is 2.28. The summed E-state index contributed by atoms with van der Waals surface area (Å²) in [5.74, 6) is -0.211. The van der Waals surface area contributed by atoms with Gasteiger partial charge < -0.3 is 44.8 Å². The Bertz CT molecular complexity index is 361. The molecule has 1 saturated heterocycles. The summed E-state index contributed by atoms with van der Waals surface area (Å²) < 4.78 is 15.5. The molecule has 9 nitrogen and oxygen atoms in total. The molecule has 3 unspecified atom stereocenters. The van der Waals surface area contributed by atoms with Crippen LogP contribution < -0.4 is 0 Å². The van der Waals surface area contributed by atoms with Crippen LogP contribution in [0.2, 0.25) is 0 Å². The minimum atomic E-state index is -1.69. The van der Waals surface area contributed by atoms with Crippen LogP contribution in [0.15, 0.2) is 0 Å². The zero-order valence-electron chi connectivity index (χ0n) is 13.9. The molecule has 0 aromatic carbocycles. The van der Waals surface area contributed by atoms with E-state index in [9.17, 15) is 30.6 Å². The SMILES string of the molecule is CO[C@@H](O)C(O)[C@@H](O)[C@H](O[C@@H]1O[C@@H](CSC)C(O)[C@H]1O)C(C)CO. The van der Waals surface area contributed by atoms with E-state index in [4.69, 9.17) is 9.47 Å². The molecule has 1 aliphatic heterocycles. The molecule has 0 bridgehead atoms. The number of ether oxygens (including phenoxy) is 3. The van der Waals surface area contributed by atoms with Gasteiger partial charge in [0.1, 0.15) is 24.4 Å². The molecule has 1 heterocycles. The fraction of sp³-hybridized carbons (Fsp3) is 1.00. The Morgan fingerprint density at radius 2 is 1.75 bits per heavy atom. The van der Waals surface area contributed by atoms with E-state index in [1.54, 1.807) is 6.92 Å². The van der Waals surface area contributed by atoms with E-state index in [2.05, 4.69) is 4.74 Å². The van der Waals surface area contributed by atoms with Gasteiger partial charge in [-0.15, -0.1) is 0 Å². The van der Waals surface area contributed by atoms with Gasteiger partial charge in [-0.2, -0.15) is 11.8 Å². The lowest BCUT2D eigenvalue weighted by Crippen LogP contribution is -2.51. The fourth-order valence-corrected chi connectivity index (χ4v) is 3.05. The van der Waals surface area contributed by atoms with Gasteiger partial charge in [-0.1, -0.05) is 6.92 Å². The van der Waals surface area contributed by atoms with Crippen molar-refractivity contribution < 1.29 is 44.8 Å². The minimum absolute atomic E-state index is 0.378. The Morgan fingerprint density at radius 3 is 2.25 bits per heavy atom. The molecule has 0 aromatic heterocycles. The zero-order chi connectivity index (χ0) is 18.4. The molecule has 1 aliphatic rings. The van der Waals surface area contributed by atoms with E-state index in [0.717, 1.165) is 7.11 Å². The molecule has 9 atom stereocenters. The Morgan fingerprint density at radius 1 is 1.12 bits per heavy atom. The van der Waals surface area contributed by atoms with E-state index >= 15 is 0 Å². The lowest BCUT2D eigenvalue weighted by molar-refractivity contribution is -0.249. The highest BCUT2D eigenvalue weighted by Gasteiger charge is 2.46. The topological polar surface area (TPSA) is 149 Å². The maximum atomic E-state index is 10.2. The van der Waals surface area contributed by atoms with Crippen LogP contribution in [-0.4, -0.2) is 106 Å². The van der Waals surface area contributed by atoms with Crippen molar-refractivity contribution in [3.8, 4) is 0 Å². The molecule has 0 saturated carbocycles. The van der Waals surface area contributed by atoms with Crippen LogP contribution in [-0.2, 0) is 14.2 Å². The average Bonchev–Trinajstić information content (AvgIpc) is 2.85. The number of hydrogen-bond acceptors (Lipinski definition) is 10. The van der Waals surface area contributed by atoms with Crippen molar-refractivity contribution in [3.63, 3.8) is 0 Å². The monoisotopic (exact) mass is 372 g/mol. The first-order valence-corrected chi connectivity index (χ1v) is 9.01. The van der Waals surface area contributed by atoms with Gasteiger partial charge in [0.2, 0.25) is 0 Å². The van der Waals surface area contributed by atoms with Crippen LogP contribution in [0.25, 0.3) is 0 Å². The first-order chi connectivity index (χ1) is 11.3. The van der Waals surface area contributed by atoms with E-state index in [0.29, 0.717) is 5.75 Å². The van der Waals surface area contributed by atoms with Gasteiger partial charge in [0.25, 0.3) is 0 Å². The summed E-state index contributed by atoms with van der Waals surface area (Å²) in [5.41, 5.74) is 0. The molecule has 10 heteroatoms. The largest absolute Gasteiger partial charge is 0.396 e. The summed E-state index contributed by atoms with van der Waals surface area (Å²) in [7, 11) is 1.15. The predicted molar refractivity (Wildman–Crippen MR) is 85.2 cm³/mol. The lowest BCUT2D eigenvalue weighted by atomic mass is 9.96. The molecule has 0 spiro atoms. The summed E-state index contributed by atoms with van der Waals surface area (Å²) in [6.45, 7) is 1.17. The Labute approximate surface area is 145 Å². The molecule has 24 heavy (non-hydrogen) atoms. The van der Waals surface area contributed by atoms with Gasteiger partial charge in [-0.05, 0) is 6.26 Å². The highest BCUT2D eigenvalue weighted by atomic mass is 32.2. The van der Waals surface area contributed by atoms with Gasteiger partial charge in [0.05, 0.1) is 12.2 Å². The maximum absolute atomic E-state index is 10.2. The third-order valence-corrected chi connectivity index (χ3v) is 4.67. The number of methoxy groups -OCH3 is 1. The van der Waals surface area contributed by atoms with Crippen molar-refractivity contribution in [2.75, 3.05) is 25.7 Å². The first-order valence-electron chi connectivity index (χ1n) is 7.62. The van der Waals surface area contributed by atoms with E-state index < -0.39 is 55.1 Å². The normalized spacial score (nSPS) is 33.9. The molecule has 0 aromatic rings. The molecular formula is C14H28O9S. The molecule has 0 radical (unpaired) electrons. The molecule has 1 rings (SSSR count). The van der Waals surface area contributed by atoms with Crippen LogP contribution in [0.4, 0.5) is 0 Å². The van der Waals surface area contributed by atoms with Crippen LogP contribution in [0.3, 0.4) is 0 Å². The minimum Gasteiger partial charge on any atom is -0.396 e. The highest BCUT2D eigenvalue weighted by molar-refractivity contribution is 7.98. The zero-order valence-corrected chi connectivity index (χ0v) is 14.7. The lowest BCUT2D eigenvalue weighted by Gasteiger charge is -2.34. The smallest absolute Gasteiger partial charge is 0.187 e. The molecule has 6 N–H and O–H groups in total. The Hall–Kier alpha value is -0.0100. The third-order valence-electron chi connectivity index (χ3n) is 4.01.